The number of carboxylic acid groups (broad SMARTS) is 2. The van der Waals surface area contributed by atoms with Gasteiger partial charge in [-0.1, -0.05) is 0 Å². The van der Waals surface area contributed by atoms with E-state index in [0.29, 0.717) is 12.2 Å². The third kappa shape index (κ3) is 30.6. The summed E-state index contributed by atoms with van der Waals surface area (Å²) in [6.07, 6.45) is -6.58. The molecule has 0 aromatic heterocycles. The van der Waals surface area contributed by atoms with E-state index in [9.17, 15) is 64.8 Å². The zero-order valence-electron chi connectivity index (χ0n) is 20.8. The van der Waals surface area contributed by atoms with Crippen molar-refractivity contribution in [2.24, 2.45) is 0 Å². The number of carboxylic acids is 2. The molecule has 0 heterocycles. The van der Waals surface area contributed by atoms with Crippen LogP contribution in [0, 0.1) is 0 Å². The Hall–Kier alpha value is -5.66. The second-order valence-corrected chi connectivity index (χ2v) is 7.83. The first-order valence-electron chi connectivity index (χ1n) is 9.18. The molecule has 0 aliphatic carbocycles. The molecule has 236 valence electrons. The summed E-state index contributed by atoms with van der Waals surface area (Å²) >= 11 is 0. The lowest BCUT2D eigenvalue weighted by Gasteiger charge is -2.03. The molecule has 0 saturated heterocycles. The fraction of sp³-hybridized carbons (Fsp3) is 0.250. The summed E-state index contributed by atoms with van der Waals surface area (Å²) in [5.41, 5.74) is 0. The molecule has 0 unspecified atom stereocenters. The van der Waals surface area contributed by atoms with Gasteiger partial charge in [0.1, 0.15) is 0 Å². The van der Waals surface area contributed by atoms with Crippen molar-refractivity contribution in [3.63, 3.8) is 0 Å². The van der Waals surface area contributed by atoms with Gasteiger partial charge in [0.2, 0.25) is 0 Å². The van der Waals surface area contributed by atoms with Crippen LogP contribution in [0.5, 0.6) is 0 Å². The molecule has 0 atom stereocenters. The summed E-state index contributed by atoms with van der Waals surface area (Å²) in [4.78, 5) is 102. The predicted molar refractivity (Wildman–Crippen MR) is 115 cm³/mol. The van der Waals surface area contributed by atoms with Crippen LogP contribution in [0.3, 0.4) is 0 Å². The van der Waals surface area contributed by atoms with E-state index < -0.39 is 81.2 Å². The number of carbonyl (C=O) groups is 10. The molecular weight excluding hydrogens is 640 g/mol. The first-order chi connectivity index (χ1) is 18.9. The monoisotopic (exact) mass is 656 g/mol. The highest BCUT2D eigenvalue weighted by Crippen LogP contribution is 2.03. The van der Waals surface area contributed by atoms with Gasteiger partial charge in [0.25, 0.3) is 0 Å². The van der Waals surface area contributed by atoms with Gasteiger partial charge >= 0.3 is 81.2 Å². The van der Waals surface area contributed by atoms with Gasteiger partial charge in [0.15, 0.2) is 0 Å². The van der Waals surface area contributed by atoms with Gasteiger partial charge in [-0.05, 0) is 0 Å². The first kappa shape index (κ1) is 40.8. The minimum Gasteiger partial charge on any atom is -0.478 e. The van der Waals surface area contributed by atoms with Gasteiger partial charge in [-0.3, -0.25) is 35.9 Å². The van der Waals surface area contributed by atoms with E-state index in [2.05, 4.69) is 35.7 Å². The van der Waals surface area contributed by atoms with Crippen LogP contribution in [0.15, 0.2) is 12.2 Å². The quantitative estimate of drug-likeness (QED) is 0.149. The van der Waals surface area contributed by atoms with Crippen LogP contribution >= 0.6 is 0 Å². The molecule has 0 aliphatic heterocycles. The SMILES string of the molecule is CC(=O)OC(=O)OS(=O)(=O)OC(=O)OC(C)=O.CC(=O)OC(=O)OS(=O)(=O)OC(=O)OC(C)=O.O=C(O)/C=C\C(=O)O. The van der Waals surface area contributed by atoms with Crippen molar-refractivity contribution in [2.75, 3.05) is 0 Å². The van der Waals surface area contributed by atoms with Gasteiger partial charge in [-0.15, -0.1) is 16.8 Å². The lowest BCUT2D eigenvalue weighted by molar-refractivity contribution is -0.137. The lowest BCUT2D eigenvalue weighted by atomic mass is 10.5. The molecule has 42 heavy (non-hydrogen) atoms. The number of hydrogen-bond acceptors (Lipinski definition) is 22. The smallest absolute Gasteiger partial charge is 0.478 e. The van der Waals surface area contributed by atoms with Crippen LogP contribution in [0.1, 0.15) is 27.7 Å². The molecule has 0 fully saturated rings. The number of esters is 4. The lowest BCUT2D eigenvalue weighted by Crippen LogP contribution is -2.22. The molecule has 0 spiro atoms. The number of hydrogen-bond donors (Lipinski definition) is 2. The molecule has 2 N–H and O–H groups in total. The molecule has 0 rings (SSSR count). The Labute approximate surface area is 232 Å². The van der Waals surface area contributed by atoms with E-state index in [1.807, 2.05) is 0 Å². The number of carbonyl (C=O) groups excluding carboxylic acids is 8. The Balaban J connectivity index is -0.000000579. The number of aliphatic carboxylic acids is 2. The van der Waals surface area contributed by atoms with Crippen LogP contribution in [-0.4, -0.2) is 87.5 Å². The number of ether oxygens (including phenoxy) is 4. The maximum absolute atomic E-state index is 10.7. The summed E-state index contributed by atoms with van der Waals surface area (Å²) in [5, 5.41) is 15.6. The fourth-order valence-electron chi connectivity index (χ4n) is 1.05. The van der Waals surface area contributed by atoms with E-state index in [4.69, 9.17) is 10.2 Å². The third-order valence-corrected chi connectivity index (χ3v) is 3.32. The highest BCUT2D eigenvalue weighted by Gasteiger charge is 2.27. The van der Waals surface area contributed by atoms with Gasteiger partial charge < -0.3 is 29.2 Å². The Bertz CT molecular complexity index is 1160. The van der Waals surface area contributed by atoms with Crippen LogP contribution in [-0.2, 0) is 85.2 Å². The van der Waals surface area contributed by atoms with Crippen molar-refractivity contribution < 1.29 is 111 Å². The molecule has 0 aromatic rings. The largest absolute Gasteiger partial charge is 0.534 e. The molecule has 24 nitrogen and oxygen atoms in total. The van der Waals surface area contributed by atoms with Crippen molar-refractivity contribution in [3.05, 3.63) is 12.2 Å². The van der Waals surface area contributed by atoms with Crippen molar-refractivity contribution in [2.45, 2.75) is 27.7 Å². The summed E-state index contributed by atoms with van der Waals surface area (Å²) < 4.78 is 71.5. The van der Waals surface area contributed by atoms with E-state index in [1.54, 1.807) is 0 Å². The van der Waals surface area contributed by atoms with E-state index in [-0.39, 0.29) is 0 Å². The predicted octanol–water partition coefficient (Wildman–Crippen LogP) is -1.03. The van der Waals surface area contributed by atoms with Gasteiger partial charge in [-0.25, -0.2) is 28.8 Å². The molecule has 0 bridgehead atoms. The highest BCUT2D eigenvalue weighted by atomic mass is 32.3. The van der Waals surface area contributed by atoms with E-state index in [0.717, 1.165) is 27.7 Å². The summed E-state index contributed by atoms with van der Waals surface area (Å²) in [6, 6.07) is 0. The van der Waals surface area contributed by atoms with Crippen molar-refractivity contribution >= 4 is 81.2 Å². The Morgan fingerprint density at radius 2 is 0.595 bits per heavy atom. The normalized spacial score (nSPS) is 9.90. The molecule has 0 saturated carbocycles. The van der Waals surface area contributed by atoms with Crippen LogP contribution in [0.4, 0.5) is 19.2 Å². The van der Waals surface area contributed by atoms with Crippen LogP contribution in [0.2, 0.25) is 0 Å². The zero-order valence-corrected chi connectivity index (χ0v) is 22.5. The fourth-order valence-corrected chi connectivity index (χ4v) is 1.92. The minimum atomic E-state index is -5.12. The van der Waals surface area contributed by atoms with Crippen molar-refractivity contribution in [1.82, 2.24) is 0 Å². The van der Waals surface area contributed by atoms with Crippen LogP contribution in [0.25, 0.3) is 0 Å². The summed E-state index contributed by atoms with van der Waals surface area (Å²) in [7, 11) is -10.2. The zero-order chi connectivity index (χ0) is 33.8. The third-order valence-electron chi connectivity index (χ3n) is 1.96. The molecule has 0 amide bonds. The van der Waals surface area contributed by atoms with Crippen molar-refractivity contribution in [1.29, 1.82) is 0 Å². The Kier molecular flexibility index (Phi) is 18.9. The molecule has 26 heteroatoms. The minimum absolute atomic E-state index is 0.558. The van der Waals surface area contributed by atoms with Crippen LogP contribution < -0.4 is 0 Å². The maximum atomic E-state index is 10.7. The van der Waals surface area contributed by atoms with E-state index in [1.165, 1.54) is 0 Å². The first-order valence-corrected chi connectivity index (χ1v) is 11.8. The highest BCUT2D eigenvalue weighted by molar-refractivity contribution is 7.83. The van der Waals surface area contributed by atoms with Gasteiger partial charge in [-0.2, -0.15) is 0 Å². The molecule has 0 aliphatic rings. The average Bonchev–Trinajstić information content (AvgIpc) is 2.68. The second kappa shape index (κ2) is 19.4. The topological polar surface area (TPSA) is 353 Å². The van der Waals surface area contributed by atoms with Gasteiger partial charge in [0, 0.05) is 39.8 Å². The Morgan fingerprint density at radius 3 is 0.714 bits per heavy atom. The Morgan fingerprint density at radius 1 is 0.429 bits per heavy atom. The second-order valence-electron chi connectivity index (χ2n) is 5.53. The van der Waals surface area contributed by atoms with Crippen molar-refractivity contribution in [3.8, 4) is 0 Å². The average molecular weight is 656 g/mol. The summed E-state index contributed by atoms with van der Waals surface area (Å²) in [6.45, 7) is 3.22. The molecule has 0 aromatic carbocycles. The molecule has 0 radical (unpaired) electrons. The maximum Gasteiger partial charge on any atom is 0.534 e. The number of rotatable bonds is 6. The van der Waals surface area contributed by atoms with E-state index >= 15 is 0 Å². The standard InChI is InChI=1S/2C6H6O10S.C4H4O4/c2*1-3(7)13-5(9)15-17(11,12)16-6(10)14-4(2)8;5-3(6)1-2-4(7)8/h2*1-2H3;1-2H,(H,5,6)(H,7,8)/b;;2-1-. The van der Waals surface area contributed by atoms with Gasteiger partial charge in [0.05, 0.1) is 0 Å². The summed E-state index contributed by atoms with van der Waals surface area (Å²) in [5.74, 6) is -7.08. The molecular formula is C16H16O24S2.